The Kier molecular flexibility index (Phi) is 4.56. The molecule has 0 radical (unpaired) electrons. The standard InChI is InChI=1S/C15H23BrN4/c1-11(10-20-7-3-2-4-8-20)17-14-9-13(16)18-15(19-14)12-5-6-12/h9,11-12H,2-8,10H2,1H3,(H,17,18,19). The van der Waals surface area contributed by atoms with Crippen LogP contribution in [-0.2, 0) is 0 Å². The first kappa shape index (κ1) is 14.3. The van der Waals surface area contributed by atoms with Crippen LogP contribution in [0.15, 0.2) is 10.7 Å². The number of piperidine rings is 1. The fourth-order valence-electron chi connectivity index (χ4n) is 2.86. The van der Waals surface area contributed by atoms with E-state index in [1.165, 1.54) is 45.2 Å². The molecule has 110 valence electrons. The Morgan fingerprint density at radius 1 is 1.30 bits per heavy atom. The molecule has 1 aliphatic carbocycles. The summed E-state index contributed by atoms with van der Waals surface area (Å²) >= 11 is 3.50. The zero-order valence-electron chi connectivity index (χ0n) is 12.1. The lowest BCUT2D eigenvalue weighted by atomic mass is 10.1. The molecular formula is C15H23BrN4. The van der Waals surface area contributed by atoms with Crippen LogP contribution in [0.2, 0.25) is 0 Å². The molecule has 1 aromatic rings. The van der Waals surface area contributed by atoms with Crippen molar-refractivity contribution in [2.24, 2.45) is 0 Å². The van der Waals surface area contributed by atoms with Crippen molar-refractivity contribution in [2.45, 2.75) is 51.0 Å². The third-order valence-electron chi connectivity index (χ3n) is 4.03. The van der Waals surface area contributed by atoms with Gasteiger partial charge in [-0.05, 0) is 61.6 Å². The van der Waals surface area contributed by atoms with Crippen LogP contribution in [0.3, 0.4) is 0 Å². The van der Waals surface area contributed by atoms with Crippen molar-refractivity contribution >= 4 is 21.7 Å². The van der Waals surface area contributed by atoms with Gasteiger partial charge in [0, 0.05) is 24.6 Å². The third-order valence-corrected chi connectivity index (χ3v) is 4.44. The van der Waals surface area contributed by atoms with Gasteiger partial charge >= 0.3 is 0 Å². The molecule has 4 nitrogen and oxygen atoms in total. The molecule has 1 N–H and O–H groups in total. The van der Waals surface area contributed by atoms with Gasteiger partial charge in [0.1, 0.15) is 16.2 Å². The molecule has 0 spiro atoms. The Labute approximate surface area is 129 Å². The molecule has 1 saturated carbocycles. The predicted octanol–water partition coefficient (Wildman–Crippen LogP) is 3.40. The monoisotopic (exact) mass is 338 g/mol. The average molecular weight is 339 g/mol. The van der Waals surface area contributed by atoms with Crippen molar-refractivity contribution in [1.29, 1.82) is 0 Å². The van der Waals surface area contributed by atoms with Gasteiger partial charge in [-0.15, -0.1) is 0 Å². The van der Waals surface area contributed by atoms with E-state index in [9.17, 15) is 0 Å². The van der Waals surface area contributed by atoms with E-state index in [0.717, 1.165) is 22.8 Å². The second-order valence-electron chi connectivity index (χ2n) is 6.12. The Balaban J connectivity index is 1.58. The molecule has 20 heavy (non-hydrogen) atoms. The second kappa shape index (κ2) is 6.39. The summed E-state index contributed by atoms with van der Waals surface area (Å²) in [6.45, 7) is 5.82. The van der Waals surface area contributed by atoms with Crippen molar-refractivity contribution in [3.8, 4) is 0 Å². The van der Waals surface area contributed by atoms with E-state index in [-0.39, 0.29) is 0 Å². The van der Waals surface area contributed by atoms with Crippen LogP contribution in [0.25, 0.3) is 0 Å². The Morgan fingerprint density at radius 3 is 2.75 bits per heavy atom. The predicted molar refractivity (Wildman–Crippen MR) is 85.1 cm³/mol. The highest BCUT2D eigenvalue weighted by atomic mass is 79.9. The van der Waals surface area contributed by atoms with Gasteiger partial charge in [0.05, 0.1) is 0 Å². The summed E-state index contributed by atoms with van der Waals surface area (Å²) in [6.07, 6.45) is 6.55. The van der Waals surface area contributed by atoms with Crippen molar-refractivity contribution in [2.75, 3.05) is 25.0 Å². The van der Waals surface area contributed by atoms with Crippen LogP contribution in [-0.4, -0.2) is 40.5 Å². The maximum Gasteiger partial charge on any atom is 0.135 e. The van der Waals surface area contributed by atoms with Crippen molar-refractivity contribution in [3.63, 3.8) is 0 Å². The topological polar surface area (TPSA) is 41.0 Å². The fourth-order valence-corrected chi connectivity index (χ4v) is 3.26. The van der Waals surface area contributed by atoms with Crippen LogP contribution >= 0.6 is 15.9 Å². The summed E-state index contributed by atoms with van der Waals surface area (Å²) in [5, 5.41) is 3.53. The molecule has 1 atom stereocenters. The van der Waals surface area contributed by atoms with Gasteiger partial charge in [0.25, 0.3) is 0 Å². The highest BCUT2D eigenvalue weighted by Crippen LogP contribution is 2.38. The summed E-state index contributed by atoms with van der Waals surface area (Å²) in [7, 11) is 0. The van der Waals surface area contributed by atoms with Gasteiger partial charge in [0.15, 0.2) is 0 Å². The molecule has 0 amide bonds. The first-order chi connectivity index (χ1) is 9.70. The number of rotatable bonds is 5. The molecule has 1 unspecified atom stereocenters. The summed E-state index contributed by atoms with van der Waals surface area (Å²) in [5.41, 5.74) is 0. The summed E-state index contributed by atoms with van der Waals surface area (Å²) in [6, 6.07) is 2.40. The van der Waals surface area contributed by atoms with Gasteiger partial charge in [-0.25, -0.2) is 9.97 Å². The minimum Gasteiger partial charge on any atom is -0.366 e. The molecule has 3 rings (SSSR count). The third kappa shape index (κ3) is 3.92. The van der Waals surface area contributed by atoms with Gasteiger partial charge in [-0.1, -0.05) is 6.42 Å². The molecule has 2 fully saturated rings. The summed E-state index contributed by atoms with van der Waals surface area (Å²) < 4.78 is 0.891. The minimum atomic E-state index is 0.418. The van der Waals surface area contributed by atoms with E-state index in [1.54, 1.807) is 0 Å². The highest BCUT2D eigenvalue weighted by Gasteiger charge is 2.27. The zero-order chi connectivity index (χ0) is 13.9. The lowest BCUT2D eigenvalue weighted by Gasteiger charge is -2.29. The number of likely N-dealkylation sites (tertiary alicyclic amines) is 1. The Morgan fingerprint density at radius 2 is 2.05 bits per heavy atom. The number of anilines is 1. The SMILES string of the molecule is CC(CN1CCCCC1)Nc1cc(Br)nc(C2CC2)n1. The van der Waals surface area contributed by atoms with E-state index in [2.05, 4.69) is 43.0 Å². The number of hydrogen-bond acceptors (Lipinski definition) is 4. The van der Waals surface area contributed by atoms with Gasteiger partial charge in [0.2, 0.25) is 0 Å². The first-order valence-electron chi connectivity index (χ1n) is 7.74. The van der Waals surface area contributed by atoms with E-state index < -0.39 is 0 Å². The van der Waals surface area contributed by atoms with Crippen LogP contribution < -0.4 is 5.32 Å². The van der Waals surface area contributed by atoms with Crippen LogP contribution in [0, 0.1) is 0 Å². The van der Waals surface area contributed by atoms with Crippen molar-refractivity contribution in [1.82, 2.24) is 14.9 Å². The van der Waals surface area contributed by atoms with Crippen LogP contribution in [0.5, 0.6) is 0 Å². The second-order valence-corrected chi connectivity index (χ2v) is 6.93. The first-order valence-corrected chi connectivity index (χ1v) is 8.53. The van der Waals surface area contributed by atoms with Crippen molar-refractivity contribution in [3.05, 3.63) is 16.5 Å². The number of hydrogen-bond donors (Lipinski definition) is 1. The zero-order valence-corrected chi connectivity index (χ0v) is 13.7. The number of nitrogens with zero attached hydrogens (tertiary/aromatic N) is 3. The average Bonchev–Trinajstić information content (AvgIpc) is 3.23. The molecule has 1 aromatic heterocycles. The molecule has 0 aromatic carbocycles. The van der Waals surface area contributed by atoms with Gasteiger partial charge < -0.3 is 10.2 Å². The minimum absolute atomic E-state index is 0.418. The van der Waals surface area contributed by atoms with Crippen molar-refractivity contribution < 1.29 is 0 Å². The maximum absolute atomic E-state index is 4.66. The highest BCUT2D eigenvalue weighted by molar-refractivity contribution is 9.10. The van der Waals surface area contributed by atoms with Gasteiger partial charge in [-0.2, -0.15) is 0 Å². The Bertz CT molecular complexity index is 455. The van der Waals surface area contributed by atoms with Crippen LogP contribution in [0.1, 0.15) is 50.8 Å². The van der Waals surface area contributed by atoms with E-state index >= 15 is 0 Å². The lowest BCUT2D eigenvalue weighted by Crippen LogP contribution is -2.38. The largest absolute Gasteiger partial charge is 0.366 e. The summed E-state index contributed by atoms with van der Waals surface area (Å²) in [5.74, 6) is 2.54. The lowest BCUT2D eigenvalue weighted by molar-refractivity contribution is 0.223. The molecule has 2 heterocycles. The van der Waals surface area contributed by atoms with E-state index in [4.69, 9.17) is 0 Å². The molecule has 0 bridgehead atoms. The molecule has 2 aliphatic rings. The quantitative estimate of drug-likeness (QED) is 0.835. The molecule has 1 saturated heterocycles. The summed E-state index contributed by atoms with van der Waals surface area (Å²) in [4.78, 5) is 11.7. The maximum atomic E-state index is 4.66. The fraction of sp³-hybridized carbons (Fsp3) is 0.733. The molecule has 1 aliphatic heterocycles. The van der Waals surface area contributed by atoms with E-state index in [0.29, 0.717) is 12.0 Å². The molecular weight excluding hydrogens is 316 g/mol. The van der Waals surface area contributed by atoms with Crippen LogP contribution in [0.4, 0.5) is 5.82 Å². The normalized spacial score (nSPS) is 21.7. The molecule has 5 heteroatoms. The van der Waals surface area contributed by atoms with E-state index in [1.807, 2.05) is 6.07 Å². The number of aromatic nitrogens is 2. The van der Waals surface area contributed by atoms with Gasteiger partial charge in [-0.3, -0.25) is 0 Å². The number of halogens is 1. The smallest absolute Gasteiger partial charge is 0.135 e. The number of nitrogens with one attached hydrogen (secondary N) is 1. The Hall–Kier alpha value is -0.680.